The Morgan fingerprint density at radius 3 is 2.75 bits per heavy atom. The molecule has 16 heavy (non-hydrogen) atoms. The molecule has 0 saturated heterocycles. The van der Waals surface area contributed by atoms with Crippen molar-refractivity contribution in [1.82, 2.24) is 0 Å². The molecular weight excluding hydrogens is 230 g/mol. The van der Waals surface area contributed by atoms with Gasteiger partial charge in [-0.3, -0.25) is 0 Å². The summed E-state index contributed by atoms with van der Waals surface area (Å²) in [6.45, 7) is 0.519. The highest BCUT2D eigenvalue weighted by molar-refractivity contribution is 5.92. The lowest BCUT2D eigenvalue weighted by Gasteiger charge is -1.92. The highest BCUT2D eigenvalue weighted by atomic mass is 35.5. The first-order chi connectivity index (χ1) is 7.20. The maximum atomic E-state index is 10.7. The van der Waals surface area contributed by atoms with E-state index in [2.05, 4.69) is 0 Å². The fourth-order valence-electron chi connectivity index (χ4n) is 1.48. The lowest BCUT2D eigenvalue weighted by Crippen LogP contribution is -2.01. The minimum atomic E-state index is -0.950. The number of carboxylic acids is 1. The van der Waals surface area contributed by atoms with Crippen LogP contribution in [0.3, 0.4) is 0 Å². The van der Waals surface area contributed by atoms with Gasteiger partial charge < -0.3 is 15.3 Å². The molecule has 4 nitrogen and oxygen atoms in total. The Hall–Kier alpha value is -1.52. The number of carboxylic acid groups (broad SMARTS) is 1. The lowest BCUT2D eigenvalue weighted by molar-refractivity contribution is 0.0697. The van der Waals surface area contributed by atoms with Crippen molar-refractivity contribution in [3.63, 3.8) is 0 Å². The van der Waals surface area contributed by atoms with E-state index in [1.54, 1.807) is 12.1 Å². The normalized spacial score (nSPS) is 10.1. The second-order valence-electron chi connectivity index (χ2n) is 3.31. The van der Waals surface area contributed by atoms with Gasteiger partial charge in [-0.1, -0.05) is 6.07 Å². The van der Waals surface area contributed by atoms with Gasteiger partial charge in [-0.2, -0.15) is 0 Å². The molecule has 1 heterocycles. The monoisotopic (exact) mass is 241 g/mol. The number of hydrogen-bond donors (Lipinski definition) is 2. The molecule has 0 atom stereocenters. The maximum Gasteiger partial charge on any atom is 0.335 e. The van der Waals surface area contributed by atoms with E-state index in [1.807, 2.05) is 6.07 Å². The van der Waals surface area contributed by atoms with Crippen LogP contribution in [0.2, 0.25) is 0 Å². The van der Waals surface area contributed by atoms with Crippen molar-refractivity contribution in [3.8, 4) is 0 Å². The molecule has 0 aliphatic carbocycles. The van der Waals surface area contributed by atoms with Gasteiger partial charge in [0.05, 0.1) is 5.56 Å². The minimum Gasteiger partial charge on any atom is -0.478 e. The SMILES string of the molecule is Cl.NCCc1cc2ccc(C(=O)O)cc2o1. The maximum absolute atomic E-state index is 10.7. The van der Waals surface area contributed by atoms with Crippen LogP contribution in [0.25, 0.3) is 11.0 Å². The topological polar surface area (TPSA) is 76.5 Å². The number of fused-ring (bicyclic) bond motifs is 1. The molecule has 0 unspecified atom stereocenters. The van der Waals surface area contributed by atoms with E-state index in [9.17, 15) is 4.79 Å². The number of rotatable bonds is 3. The van der Waals surface area contributed by atoms with Gasteiger partial charge in [0, 0.05) is 11.8 Å². The van der Waals surface area contributed by atoms with E-state index in [-0.39, 0.29) is 18.0 Å². The van der Waals surface area contributed by atoms with Crippen molar-refractivity contribution >= 4 is 29.3 Å². The van der Waals surface area contributed by atoms with E-state index in [0.717, 1.165) is 11.1 Å². The number of furan rings is 1. The van der Waals surface area contributed by atoms with E-state index in [4.69, 9.17) is 15.3 Å². The molecule has 0 bridgehead atoms. The zero-order valence-electron chi connectivity index (χ0n) is 8.47. The first-order valence-electron chi connectivity index (χ1n) is 4.66. The summed E-state index contributed by atoms with van der Waals surface area (Å²) in [4.78, 5) is 10.7. The predicted octanol–water partition coefficient (Wildman–Crippen LogP) is 2.05. The third-order valence-electron chi connectivity index (χ3n) is 2.21. The Morgan fingerprint density at radius 2 is 2.12 bits per heavy atom. The van der Waals surface area contributed by atoms with E-state index < -0.39 is 5.97 Å². The Bertz CT molecular complexity index is 507. The molecule has 3 N–H and O–H groups in total. The van der Waals surface area contributed by atoms with Crippen LogP contribution in [0.1, 0.15) is 16.1 Å². The molecule has 0 aliphatic rings. The number of benzene rings is 1. The summed E-state index contributed by atoms with van der Waals surface area (Å²) in [6.07, 6.45) is 0.664. The molecule has 0 spiro atoms. The first kappa shape index (κ1) is 12.5. The van der Waals surface area contributed by atoms with Gasteiger partial charge in [-0.15, -0.1) is 12.4 Å². The molecule has 2 aromatic rings. The Labute approximate surface area is 98.5 Å². The second kappa shape index (κ2) is 5.01. The third kappa shape index (κ3) is 2.35. The van der Waals surface area contributed by atoms with Gasteiger partial charge in [-0.25, -0.2) is 4.79 Å². The molecule has 1 aromatic heterocycles. The number of nitrogens with two attached hydrogens (primary N) is 1. The van der Waals surface area contributed by atoms with Gasteiger partial charge in [0.25, 0.3) is 0 Å². The smallest absolute Gasteiger partial charge is 0.335 e. The van der Waals surface area contributed by atoms with Gasteiger partial charge in [0.15, 0.2) is 0 Å². The fraction of sp³-hybridized carbons (Fsp3) is 0.182. The second-order valence-corrected chi connectivity index (χ2v) is 3.31. The highest BCUT2D eigenvalue weighted by Crippen LogP contribution is 2.20. The van der Waals surface area contributed by atoms with Crippen LogP contribution in [-0.2, 0) is 6.42 Å². The molecule has 0 saturated carbocycles. The molecule has 0 aliphatic heterocycles. The van der Waals surface area contributed by atoms with Crippen LogP contribution in [0.15, 0.2) is 28.7 Å². The van der Waals surface area contributed by atoms with Gasteiger partial charge in [-0.05, 0) is 24.7 Å². The van der Waals surface area contributed by atoms with Crippen molar-refractivity contribution in [2.75, 3.05) is 6.54 Å². The van der Waals surface area contributed by atoms with Crippen molar-refractivity contribution in [2.24, 2.45) is 5.73 Å². The van der Waals surface area contributed by atoms with Gasteiger partial charge in [0.2, 0.25) is 0 Å². The largest absolute Gasteiger partial charge is 0.478 e. The summed E-state index contributed by atoms with van der Waals surface area (Å²) in [5.41, 5.74) is 6.23. The average molecular weight is 242 g/mol. The van der Waals surface area contributed by atoms with Crippen molar-refractivity contribution in [1.29, 1.82) is 0 Å². The summed E-state index contributed by atoms with van der Waals surface area (Å²) < 4.78 is 5.46. The van der Waals surface area contributed by atoms with Gasteiger partial charge in [0.1, 0.15) is 11.3 Å². The number of carbonyl (C=O) groups is 1. The van der Waals surface area contributed by atoms with Crippen molar-refractivity contribution in [3.05, 3.63) is 35.6 Å². The fourth-order valence-corrected chi connectivity index (χ4v) is 1.48. The number of aromatic carboxylic acids is 1. The van der Waals surface area contributed by atoms with Gasteiger partial charge >= 0.3 is 5.97 Å². The lowest BCUT2D eigenvalue weighted by atomic mass is 10.1. The quantitative estimate of drug-likeness (QED) is 0.862. The summed E-state index contributed by atoms with van der Waals surface area (Å²) in [6, 6.07) is 6.71. The zero-order valence-corrected chi connectivity index (χ0v) is 9.29. The third-order valence-corrected chi connectivity index (χ3v) is 2.21. The van der Waals surface area contributed by atoms with E-state index >= 15 is 0 Å². The predicted molar refractivity (Wildman–Crippen MR) is 63.2 cm³/mol. The summed E-state index contributed by atoms with van der Waals surface area (Å²) in [5.74, 6) is -0.163. The summed E-state index contributed by atoms with van der Waals surface area (Å²) >= 11 is 0. The molecule has 0 amide bonds. The summed E-state index contributed by atoms with van der Waals surface area (Å²) in [7, 11) is 0. The Morgan fingerprint density at radius 1 is 1.38 bits per heavy atom. The highest BCUT2D eigenvalue weighted by Gasteiger charge is 2.07. The molecule has 86 valence electrons. The van der Waals surface area contributed by atoms with E-state index in [1.165, 1.54) is 6.07 Å². The first-order valence-corrected chi connectivity index (χ1v) is 4.66. The van der Waals surface area contributed by atoms with Crippen LogP contribution < -0.4 is 5.73 Å². The van der Waals surface area contributed by atoms with Crippen molar-refractivity contribution in [2.45, 2.75) is 6.42 Å². The van der Waals surface area contributed by atoms with Crippen LogP contribution in [0, 0.1) is 0 Å². The zero-order chi connectivity index (χ0) is 10.8. The summed E-state index contributed by atoms with van der Waals surface area (Å²) in [5, 5.41) is 9.70. The Balaban J connectivity index is 0.00000128. The number of halogens is 1. The molecule has 5 heteroatoms. The molecule has 2 rings (SSSR count). The molecule has 1 aromatic carbocycles. The standard InChI is InChI=1S/C11H11NO3.ClH/c12-4-3-9-5-7-1-2-8(11(13)14)6-10(7)15-9;/h1-2,5-6H,3-4,12H2,(H,13,14);1H. The van der Waals surface area contributed by atoms with Crippen LogP contribution in [0.5, 0.6) is 0 Å². The van der Waals surface area contributed by atoms with Crippen LogP contribution in [0.4, 0.5) is 0 Å². The van der Waals surface area contributed by atoms with Crippen LogP contribution in [-0.4, -0.2) is 17.6 Å². The number of hydrogen-bond acceptors (Lipinski definition) is 3. The molecule has 0 fully saturated rings. The average Bonchev–Trinajstić information content (AvgIpc) is 2.59. The van der Waals surface area contributed by atoms with E-state index in [0.29, 0.717) is 18.5 Å². The van der Waals surface area contributed by atoms with Crippen molar-refractivity contribution < 1.29 is 14.3 Å². The Kier molecular flexibility index (Phi) is 3.93. The molecular formula is C11H12ClNO3. The molecule has 0 radical (unpaired) electrons. The minimum absolute atomic E-state index is 0. The van der Waals surface area contributed by atoms with Crippen LogP contribution >= 0.6 is 12.4 Å².